The van der Waals surface area contributed by atoms with Crippen molar-refractivity contribution in [2.24, 2.45) is 0 Å². The van der Waals surface area contributed by atoms with E-state index in [9.17, 15) is 13.2 Å². The Labute approximate surface area is 114 Å². The number of hydrogen-bond acceptors (Lipinski definition) is 3. The van der Waals surface area contributed by atoms with E-state index in [4.69, 9.17) is 4.74 Å². The van der Waals surface area contributed by atoms with Gasteiger partial charge in [-0.1, -0.05) is 13.0 Å². The number of rotatable bonds is 4. The van der Waals surface area contributed by atoms with Crippen LogP contribution >= 0.6 is 11.8 Å². The van der Waals surface area contributed by atoms with E-state index in [1.165, 1.54) is 6.07 Å². The monoisotopic (exact) mass is 291 g/mol. The van der Waals surface area contributed by atoms with Crippen molar-refractivity contribution in [3.05, 3.63) is 35.1 Å². The molecule has 1 aromatic rings. The van der Waals surface area contributed by atoms with E-state index in [2.05, 4.69) is 5.32 Å². The lowest BCUT2D eigenvalue weighted by atomic mass is 10.0. The molecule has 2 atom stereocenters. The lowest BCUT2D eigenvalue weighted by Crippen LogP contribution is -2.38. The predicted octanol–water partition coefficient (Wildman–Crippen LogP) is 2.89. The number of benzene rings is 1. The van der Waals surface area contributed by atoms with E-state index in [0.29, 0.717) is 18.9 Å². The molecule has 6 heteroatoms. The number of likely N-dealkylation sites (N-methyl/N-ethyl adjacent to an activating group) is 1. The molecule has 0 bridgehead atoms. The van der Waals surface area contributed by atoms with Gasteiger partial charge in [0.15, 0.2) is 17.5 Å². The standard InChI is InChI=1S/C13H16F3NOS/c1-2-17-13(10-7-19-6-5-18-10)8-3-4-9(14)12(16)11(8)15/h3-4,10,13,17H,2,5-7H2,1H3. The molecule has 106 valence electrons. The first-order chi connectivity index (χ1) is 9.15. The lowest BCUT2D eigenvalue weighted by Gasteiger charge is -2.31. The van der Waals surface area contributed by atoms with Crippen molar-refractivity contribution in [2.45, 2.75) is 19.1 Å². The fourth-order valence-electron chi connectivity index (χ4n) is 2.14. The number of thioether (sulfide) groups is 1. The maximum Gasteiger partial charge on any atom is 0.194 e. The molecule has 0 amide bonds. The van der Waals surface area contributed by atoms with Crippen molar-refractivity contribution >= 4 is 11.8 Å². The Kier molecular flexibility index (Phi) is 5.13. The van der Waals surface area contributed by atoms with Crippen LogP contribution in [0.2, 0.25) is 0 Å². The summed E-state index contributed by atoms with van der Waals surface area (Å²) in [5.74, 6) is -2.13. The zero-order valence-electron chi connectivity index (χ0n) is 10.6. The number of ether oxygens (including phenoxy) is 1. The average molecular weight is 291 g/mol. The second-order valence-electron chi connectivity index (χ2n) is 4.28. The van der Waals surface area contributed by atoms with Crippen molar-refractivity contribution < 1.29 is 17.9 Å². The Bertz CT molecular complexity index is 438. The van der Waals surface area contributed by atoms with Crippen LogP contribution in [-0.2, 0) is 4.74 Å². The second kappa shape index (κ2) is 6.63. The SMILES string of the molecule is CCNC(c1ccc(F)c(F)c1F)C1CSCCO1. The summed E-state index contributed by atoms with van der Waals surface area (Å²) < 4.78 is 45.8. The molecule has 0 saturated carbocycles. The normalized spacial score (nSPS) is 21.4. The van der Waals surface area contributed by atoms with Gasteiger partial charge in [0.25, 0.3) is 0 Å². The molecule has 1 N–H and O–H groups in total. The molecule has 1 saturated heterocycles. The lowest BCUT2D eigenvalue weighted by molar-refractivity contribution is 0.0460. The van der Waals surface area contributed by atoms with Gasteiger partial charge in [0.2, 0.25) is 0 Å². The van der Waals surface area contributed by atoms with Gasteiger partial charge in [-0.15, -0.1) is 0 Å². The molecule has 2 rings (SSSR count). The van der Waals surface area contributed by atoms with Gasteiger partial charge in [0.05, 0.1) is 18.8 Å². The fraction of sp³-hybridized carbons (Fsp3) is 0.538. The van der Waals surface area contributed by atoms with Crippen molar-refractivity contribution in [1.29, 1.82) is 0 Å². The fourth-order valence-corrected chi connectivity index (χ4v) is 3.04. The molecule has 1 aliphatic rings. The Hall–Kier alpha value is -0.720. The highest BCUT2D eigenvalue weighted by molar-refractivity contribution is 7.99. The van der Waals surface area contributed by atoms with Crippen LogP contribution in [0.15, 0.2) is 12.1 Å². The molecule has 0 radical (unpaired) electrons. The summed E-state index contributed by atoms with van der Waals surface area (Å²) in [6, 6.07) is 1.77. The molecule has 19 heavy (non-hydrogen) atoms. The number of nitrogens with one attached hydrogen (secondary N) is 1. The van der Waals surface area contributed by atoms with E-state index in [-0.39, 0.29) is 11.7 Å². The van der Waals surface area contributed by atoms with Gasteiger partial charge < -0.3 is 10.1 Å². The largest absolute Gasteiger partial charge is 0.375 e. The van der Waals surface area contributed by atoms with Crippen molar-refractivity contribution in [2.75, 3.05) is 24.7 Å². The Morgan fingerprint density at radius 1 is 1.37 bits per heavy atom. The quantitative estimate of drug-likeness (QED) is 0.862. The molecule has 1 heterocycles. The van der Waals surface area contributed by atoms with E-state index in [1.54, 1.807) is 11.8 Å². The molecule has 2 nitrogen and oxygen atoms in total. The third-order valence-corrected chi connectivity index (χ3v) is 4.06. The topological polar surface area (TPSA) is 21.3 Å². The Morgan fingerprint density at radius 2 is 2.16 bits per heavy atom. The van der Waals surface area contributed by atoms with Crippen LogP contribution in [0.5, 0.6) is 0 Å². The van der Waals surface area contributed by atoms with Crippen LogP contribution in [0.4, 0.5) is 13.2 Å². The van der Waals surface area contributed by atoms with Crippen molar-refractivity contribution in [3.8, 4) is 0 Å². The van der Waals surface area contributed by atoms with Gasteiger partial charge in [0.1, 0.15) is 0 Å². The highest BCUT2D eigenvalue weighted by atomic mass is 32.2. The first kappa shape index (κ1) is 14.7. The van der Waals surface area contributed by atoms with Crippen LogP contribution in [0.25, 0.3) is 0 Å². The third-order valence-electron chi connectivity index (χ3n) is 3.04. The molecule has 1 aromatic carbocycles. The Morgan fingerprint density at radius 3 is 2.79 bits per heavy atom. The molecule has 0 aromatic heterocycles. The summed E-state index contributed by atoms with van der Waals surface area (Å²) in [6.07, 6.45) is -0.238. The minimum Gasteiger partial charge on any atom is -0.375 e. The predicted molar refractivity (Wildman–Crippen MR) is 69.8 cm³/mol. The maximum absolute atomic E-state index is 13.9. The van der Waals surface area contributed by atoms with E-state index in [1.807, 2.05) is 6.92 Å². The van der Waals surface area contributed by atoms with Crippen molar-refractivity contribution in [1.82, 2.24) is 5.32 Å². The summed E-state index contributed by atoms with van der Waals surface area (Å²) in [7, 11) is 0. The average Bonchev–Trinajstić information content (AvgIpc) is 2.44. The van der Waals surface area contributed by atoms with Crippen molar-refractivity contribution in [3.63, 3.8) is 0 Å². The Balaban J connectivity index is 2.30. The molecule has 0 spiro atoms. The zero-order valence-corrected chi connectivity index (χ0v) is 11.4. The summed E-state index contributed by atoms with van der Waals surface area (Å²) in [5, 5.41) is 3.09. The van der Waals surface area contributed by atoms with Crippen LogP contribution in [0, 0.1) is 17.5 Å². The molecule has 2 unspecified atom stereocenters. The zero-order chi connectivity index (χ0) is 13.8. The van der Waals surface area contributed by atoms with Crippen LogP contribution in [0.1, 0.15) is 18.5 Å². The van der Waals surface area contributed by atoms with Gasteiger partial charge in [-0.3, -0.25) is 0 Å². The van der Waals surface area contributed by atoms with E-state index >= 15 is 0 Å². The smallest absolute Gasteiger partial charge is 0.194 e. The molecular weight excluding hydrogens is 275 g/mol. The maximum atomic E-state index is 13.9. The summed E-state index contributed by atoms with van der Waals surface area (Å²) in [6.45, 7) is 3.05. The van der Waals surface area contributed by atoms with Gasteiger partial charge in [-0.2, -0.15) is 11.8 Å². The molecule has 0 aliphatic carbocycles. The second-order valence-corrected chi connectivity index (χ2v) is 5.43. The molecular formula is C13H16F3NOS. The summed E-state index contributed by atoms with van der Waals surface area (Å²) in [5.41, 5.74) is 0.119. The van der Waals surface area contributed by atoms with Crippen LogP contribution < -0.4 is 5.32 Å². The number of halogens is 3. The molecule has 1 fully saturated rings. The minimum atomic E-state index is -1.43. The van der Waals surface area contributed by atoms with Gasteiger partial charge in [-0.05, 0) is 12.6 Å². The van der Waals surface area contributed by atoms with Gasteiger partial charge in [0, 0.05) is 17.1 Å². The highest BCUT2D eigenvalue weighted by Crippen LogP contribution is 2.29. The minimum absolute atomic E-state index is 0.119. The van der Waals surface area contributed by atoms with Gasteiger partial charge >= 0.3 is 0 Å². The van der Waals surface area contributed by atoms with Crippen LogP contribution in [-0.4, -0.2) is 30.8 Å². The van der Waals surface area contributed by atoms with E-state index in [0.717, 1.165) is 11.8 Å². The van der Waals surface area contributed by atoms with Gasteiger partial charge in [-0.25, -0.2) is 13.2 Å². The first-order valence-corrected chi connectivity index (χ1v) is 7.36. The molecule has 1 aliphatic heterocycles. The third kappa shape index (κ3) is 3.24. The first-order valence-electron chi connectivity index (χ1n) is 6.21. The summed E-state index contributed by atoms with van der Waals surface area (Å²) in [4.78, 5) is 0. The van der Waals surface area contributed by atoms with Crippen LogP contribution in [0.3, 0.4) is 0 Å². The number of hydrogen-bond donors (Lipinski definition) is 1. The van der Waals surface area contributed by atoms with E-state index < -0.39 is 23.5 Å². The highest BCUT2D eigenvalue weighted by Gasteiger charge is 2.29. The summed E-state index contributed by atoms with van der Waals surface area (Å²) >= 11 is 1.71.